The predicted octanol–water partition coefficient (Wildman–Crippen LogP) is 4.33. The van der Waals surface area contributed by atoms with Crippen molar-refractivity contribution in [3.63, 3.8) is 0 Å². The Hall–Kier alpha value is -1.11. The molecule has 0 N–H and O–H groups in total. The summed E-state index contributed by atoms with van der Waals surface area (Å²) in [5, 5.41) is 0. The van der Waals surface area contributed by atoms with Gasteiger partial charge in [0.1, 0.15) is 5.83 Å². The van der Waals surface area contributed by atoms with Crippen molar-refractivity contribution >= 4 is 0 Å². The number of hydrogen-bond acceptors (Lipinski definition) is 0. The van der Waals surface area contributed by atoms with Crippen molar-refractivity contribution in [3.05, 3.63) is 49.4 Å². The summed E-state index contributed by atoms with van der Waals surface area (Å²) < 4.78 is 12.9. The lowest BCUT2D eigenvalue weighted by Gasteiger charge is -1.90. The highest BCUT2D eigenvalue weighted by Crippen LogP contribution is 2.05. The molecule has 0 fully saturated rings. The Kier molecular flexibility index (Phi) is 8.21. The number of rotatable bonds is 7. The highest BCUT2D eigenvalue weighted by atomic mass is 19.1. The molecule has 0 saturated carbocycles. The molecule has 0 bridgehead atoms. The molecular formula is C12H17F. The maximum absolute atomic E-state index is 12.9. The Morgan fingerprint density at radius 1 is 1.15 bits per heavy atom. The van der Waals surface area contributed by atoms with Gasteiger partial charge in [0.25, 0.3) is 0 Å². The summed E-state index contributed by atoms with van der Waals surface area (Å²) in [7, 11) is 0. The fourth-order valence-electron chi connectivity index (χ4n) is 0.847. The van der Waals surface area contributed by atoms with Crippen molar-refractivity contribution in [2.45, 2.75) is 25.7 Å². The van der Waals surface area contributed by atoms with Crippen LogP contribution in [0.3, 0.4) is 0 Å². The number of allylic oxidation sites excluding steroid dienone is 6. The zero-order valence-corrected chi connectivity index (χ0v) is 8.01. The van der Waals surface area contributed by atoms with E-state index in [0.29, 0.717) is 6.42 Å². The van der Waals surface area contributed by atoms with Gasteiger partial charge in [0.2, 0.25) is 0 Å². The molecule has 0 spiro atoms. The maximum Gasteiger partial charge on any atom is 0.118 e. The van der Waals surface area contributed by atoms with Crippen LogP contribution in [0, 0.1) is 0 Å². The van der Waals surface area contributed by atoms with Crippen LogP contribution in [0.5, 0.6) is 0 Å². The number of hydrogen-bond donors (Lipinski definition) is 0. The van der Waals surface area contributed by atoms with Gasteiger partial charge in [0.15, 0.2) is 0 Å². The molecule has 0 rings (SSSR count). The summed E-state index contributed by atoms with van der Waals surface area (Å²) in [6.07, 6.45) is 11.8. The van der Waals surface area contributed by atoms with Crippen LogP contribution < -0.4 is 0 Å². The average molecular weight is 180 g/mol. The molecule has 0 aliphatic carbocycles. The quantitative estimate of drug-likeness (QED) is 0.311. The molecule has 0 nitrogen and oxygen atoms in total. The standard InChI is InChI=1S/C12H17F/c1-3-5-7-9-11-12(13)10-8-6-4-2/h3-4,8,10-11H,1-2,5-7,9H2. The van der Waals surface area contributed by atoms with Gasteiger partial charge in [-0.1, -0.05) is 18.2 Å². The van der Waals surface area contributed by atoms with Crippen LogP contribution in [0.15, 0.2) is 49.4 Å². The summed E-state index contributed by atoms with van der Waals surface area (Å²) >= 11 is 0. The first-order valence-electron chi connectivity index (χ1n) is 4.55. The Morgan fingerprint density at radius 3 is 2.54 bits per heavy atom. The third-order valence-corrected chi connectivity index (χ3v) is 1.53. The summed E-state index contributed by atoms with van der Waals surface area (Å²) in [5.41, 5.74) is 0. The predicted molar refractivity (Wildman–Crippen MR) is 57.2 cm³/mol. The van der Waals surface area contributed by atoms with Crippen molar-refractivity contribution in [2.24, 2.45) is 0 Å². The topological polar surface area (TPSA) is 0 Å². The molecule has 0 saturated heterocycles. The molecule has 0 aromatic carbocycles. The van der Waals surface area contributed by atoms with Gasteiger partial charge in [0, 0.05) is 0 Å². The number of halogens is 1. The lowest BCUT2D eigenvalue weighted by molar-refractivity contribution is 0.655. The minimum Gasteiger partial charge on any atom is -0.207 e. The van der Waals surface area contributed by atoms with Gasteiger partial charge in [-0.15, -0.1) is 13.2 Å². The molecule has 0 aromatic heterocycles. The van der Waals surface area contributed by atoms with Gasteiger partial charge in [0.05, 0.1) is 0 Å². The molecule has 1 heteroatoms. The Labute approximate surface area is 80.2 Å². The minimum atomic E-state index is -0.161. The van der Waals surface area contributed by atoms with E-state index in [2.05, 4.69) is 13.2 Å². The van der Waals surface area contributed by atoms with Crippen molar-refractivity contribution < 1.29 is 4.39 Å². The molecule has 0 aromatic rings. The normalized spacial score (nSPS) is 11.9. The van der Waals surface area contributed by atoms with E-state index in [1.807, 2.05) is 6.08 Å². The third kappa shape index (κ3) is 8.80. The van der Waals surface area contributed by atoms with E-state index in [0.717, 1.165) is 19.3 Å². The van der Waals surface area contributed by atoms with Crippen molar-refractivity contribution in [3.8, 4) is 0 Å². The van der Waals surface area contributed by atoms with Gasteiger partial charge in [-0.25, -0.2) is 4.39 Å². The molecule has 0 aliphatic heterocycles. The van der Waals surface area contributed by atoms with Gasteiger partial charge in [-0.2, -0.15) is 0 Å². The van der Waals surface area contributed by atoms with Crippen LogP contribution in [0.25, 0.3) is 0 Å². The second-order valence-electron chi connectivity index (χ2n) is 2.74. The maximum atomic E-state index is 12.9. The molecule has 13 heavy (non-hydrogen) atoms. The first-order valence-corrected chi connectivity index (χ1v) is 4.55. The SMILES string of the molecule is C=CCC=CC(F)=CCCCC=C. The molecule has 0 atom stereocenters. The summed E-state index contributed by atoms with van der Waals surface area (Å²) in [6.45, 7) is 7.14. The van der Waals surface area contributed by atoms with E-state index in [1.165, 1.54) is 6.08 Å². The average Bonchev–Trinajstić information content (AvgIpc) is 2.13. The lowest BCUT2D eigenvalue weighted by atomic mass is 10.2. The Morgan fingerprint density at radius 2 is 1.92 bits per heavy atom. The number of unbranched alkanes of at least 4 members (excludes halogenated alkanes) is 2. The summed E-state index contributed by atoms with van der Waals surface area (Å²) in [6, 6.07) is 0. The van der Waals surface area contributed by atoms with Crippen molar-refractivity contribution in [1.82, 2.24) is 0 Å². The second-order valence-corrected chi connectivity index (χ2v) is 2.74. The van der Waals surface area contributed by atoms with Crippen LogP contribution in [0.1, 0.15) is 25.7 Å². The van der Waals surface area contributed by atoms with Crippen molar-refractivity contribution in [2.75, 3.05) is 0 Å². The lowest BCUT2D eigenvalue weighted by Crippen LogP contribution is -1.71. The highest BCUT2D eigenvalue weighted by molar-refractivity contribution is 5.11. The second kappa shape index (κ2) is 8.98. The largest absolute Gasteiger partial charge is 0.207 e. The first kappa shape index (κ1) is 11.9. The van der Waals surface area contributed by atoms with Gasteiger partial charge in [-0.3, -0.25) is 0 Å². The van der Waals surface area contributed by atoms with Crippen LogP contribution in [0.4, 0.5) is 4.39 Å². The fraction of sp³-hybridized carbons (Fsp3) is 0.333. The van der Waals surface area contributed by atoms with E-state index in [9.17, 15) is 4.39 Å². The summed E-state index contributed by atoms with van der Waals surface area (Å²) in [5.74, 6) is -0.161. The van der Waals surface area contributed by atoms with Crippen LogP contribution in [-0.4, -0.2) is 0 Å². The zero-order valence-electron chi connectivity index (χ0n) is 8.01. The first-order chi connectivity index (χ1) is 6.31. The van der Waals surface area contributed by atoms with E-state index in [1.54, 1.807) is 18.2 Å². The molecular weight excluding hydrogens is 163 g/mol. The van der Waals surface area contributed by atoms with Crippen LogP contribution in [-0.2, 0) is 0 Å². The molecule has 0 aliphatic rings. The molecule has 72 valence electrons. The van der Waals surface area contributed by atoms with Gasteiger partial charge >= 0.3 is 0 Å². The zero-order chi connectivity index (χ0) is 9.94. The Bertz CT molecular complexity index is 199. The Balaban J connectivity index is 3.61. The van der Waals surface area contributed by atoms with Crippen LogP contribution >= 0.6 is 0 Å². The molecule has 0 heterocycles. The third-order valence-electron chi connectivity index (χ3n) is 1.53. The summed E-state index contributed by atoms with van der Waals surface area (Å²) in [4.78, 5) is 0. The monoisotopic (exact) mass is 180 g/mol. The van der Waals surface area contributed by atoms with Gasteiger partial charge < -0.3 is 0 Å². The fourth-order valence-corrected chi connectivity index (χ4v) is 0.847. The smallest absolute Gasteiger partial charge is 0.118 e. The molecule has 0 amide bonds. The van der Waals surface area contributed by atoms with Crippen molar-refractivity contribution in [1.29, 1.82) is 0 Å². The van der Waals surface area contributed by atoms with E-state index < -0.39 is 0 Å². The van der Waals surface area contributed by atoms with E-state index in [4.69, 9.17) is 0 Å². The minimum absolute atomic E-state index is 0.161. The van der Waals surface area contributed by atoms with E-state index >= 15 is 0 Å². The molecule has 0 unspecified atom stereocenters. The highest BCUT2D eigenvalue weighted by Gasteiger charge is 1.86. The van der Waals surface area contributed by atoms with E-state index in [-0.39, 0.29) is 5.83 Å². The van der Waals surface area contributed by atoms with Crippen LogP contribution in [0.2, 0.25) is 0 Å². The molecule has 0 radical (unpaired) electrons. The van der Waals surface area contributed by atoms with Gasteiger partial charge in [-0.05, 0) is 37.8 Å².